The number of nitrogens with two attached hydrogens (primary N) is 1. The van der Waals surface area contributed by atoms with Crippen molar-refractivity contribution >= 4 is 5.69 Å². The number of anilines is 1. The lowest BCUT2D eigenvalue weighted by Gasteiger charge is -2.21. The summed E-state index contributed by atoms with van der Waals surface area (Å²) in [6.07, 6.45) is 2.51. The first-order chi connectivity index (χ1) is 8.79. The van der Waals surface area contributed by atoms with Crippen molar-refractivity contribution in [2.75, 3.05) is 44.7 Å². The number of hydrogen-bond acceptors (Lipinski definition) is 3. The van der Waals surface area contributed by atoms with Crippen molar-refractivity contribution in [2.24, 2.45) is 11.7 Å². The highest BCUT2D eigenvalue weighted by Gasteiger charge is 2.20. The molecule has 1 heterocycles. The van der Waals surface area contributed by atoms with Crippen LogP contribution in [0.25, 0.3) is 0 Å². The van der Waals surface area contributed by atoms with Gasteiger partial charge in [0.15, 0.2) is 0 Å². The van der Waals surface area contributed by atoms with Gasteiger partial charge < -0.3 is 15.5 Å². The number of likely N-dealkylation sites (tertiary alicyclic amines) is 1. The molecule has 100 valence electrons. The van der Waals surface area contributed by atoms with Gasteiger partial charge in [0.05, 0.1) is 0 Å². The maximum absolute atomic E-state index is 5.71. The van der Waals surface area contributed by atoms with Gasteiger partial charge in [-0.2, -0.15) is 0 Å². The van der Waals surface area contributed by atoms with Crippen LogP contribution in [0.4, 0.5) is 5.69 Å². The Morgan fingerprint density at radius 3 is 2.78 bits per heavy atom. The highest BCUT2D eigenvalue weighted by atomic mass is 15.2. The Balaban J connectivity index is 1.67. The zero-order valence-corrected chi connectivity index (χ0v) is 11.4. The van der Waals surface area contributed by atoms with Crippen LogP contribution in [0.15, 0.2) is 30.3 Å². The van der Waals surface area contributed by atoms with E-state index in [0.29, 0.717) is 0 Å². The summed E-state index contributed by atoms with van der Waals surface area (Å²) in [7, 11) is 2.17. The molecule has 1 fully saturated rings. The fourth-order valence-electron chi connectivity index (χ4n) is 2.65. The van der Waals surface area contributed by atoms with Crippen LogP contribution >= 0.6 is 0 Å². The lowest BCUT2D eigenvalue weighted by atomic mass is 10.1. The Morgan fingerprint density at radius 1 is 1.33 bits per heavy atom. The van der Waals surface area contributed by atoms with Gasteiger partial charge in [-0.25, -0.2) is 0 Å². The molecule has 0 spiro atoms. The Kier molecular flexibility index (Phi) is 5.02. The van der Waals surface area contributed by atoms with Crippen molar-refractivity contribution < 1.29 is 0 Å². The van der Waals surface area contributed by atoms with Crippen molar-refractivity contribution in [3.05, 3.63) is 30.3 Å². The molecule has 3 heteroatoms. The van der Waals surface area contributed by atoms with E-state index in [-0.39, 0.29) is 0 Å². The average molecular weight is 247 g/mol. The van der Waals surface area contributed by atoms with Crippen LogP contribution in [0.5, 0.6) is 0 Å². The van der Waals surface area contributed by atoms with E-state index >= 15 is 0 Å². The summed E-state index contributed by atoms with van der Waals surface area (Å²) in [5, 5.41) is 0. The van der Waals surface area contributed by atoms with E-state index in [2.05, 4.69) is 47.2 Å². The van der Waals surface area contributed by atoms with E-state index < -0.39 is 0 Å². The number of benzene rings is 1. The zero-order chi connectivity index (χ0) is 12.8. The van der Waals surface area contributed by atoms with E-state index in [4.69, 9.17) is 5.73 Å². The molecule has 1 aromatic rings. The minimum Gasteiger partial charge on any atom is -0.375 e. The SMILES string of the molecule is CN(CCCN1CCC(CN)C1)c1ccccc1. The number of nitrogens with zero attached hydrogens (tertiary/aromatic N) is 2. The normalized spacial score (nSPS) is 20.2. The van der Waals surface area contributed by atoms with Gasteiger partial charge in [0, 0.05) is 25.8 Å². The molecule has 1 aliphatic rings. The Morgan fingerprint density at radius 2 is 2.11 bits per heavy atom. The first kappa shape index (κ1) is 13.4. The van der Waals surface area contributed by atoms with Crippen molar-refractivity contribution in [2.45, 2.75) is 12.8 Å². The maximum Gasteiger partial charge on any atom is 0.0363 e. The Labute approximate surface area is 111 Å². The first-order valence-corrected chi connectivity index (χ1v) is 6.98. The van der Waals surface area contributed by atoms with E-state index in [1.807, 2.05) is 0 Å². The largest absolute Gasteiger partial charge is 0.375 e. The lowest BCUT2D eigenvalue weighted by molar-refractivity contribution is 0.322. The first-order valence-electron chi connectivity index (χ1n) is 6.98. The molecule has 1 aromatic carbocycles. The second-order valence-electron chi connectivity index (χ2n) is 5.30. The fourth-order valence-corrected chi connectivity index (χ4v) is 2.65. The molecule has 0 aromatic heterocycles. The molecular formula is C15H25N3. The standard InChI is InChI=1S/C15H25N3/c1-17(15-6-3-2-4-7-15)9-5-10-18-11-8-14(12-16)13-18/h2-4,6-7,14H,5,8-13,16H2,1H3. The second kappa shape index (κ2) is 6.76. The van der Waals surface area contributed by atoms with Gasteiger partial charge in [-0.05, 0) is 50.5 Å². The van der Waals surface area contributed by atoms with Crippen molar-refractivity contribution in [3.8, 4) is 0 Å². The molecule has 1 aliphatic heterocycles. The van der Waals surface area contributed by atoms with Gasteiger partial charge in [0.2, 0.25) is 0 Å². The lowest BCUT2D eigenvalue weighted by Crippen LogP contribution is -2.27. The van der Waals surface area contributed by atoms with Crippen molar-refractivity contribution in [3.63, 3.8) is 0 Å². The molecule has 1 atom stereocenters. The summed E-state index contributed by atoms with van der Waals surface area (Å²) in [5.41, 5.74) is 7.02. The summed E-state index contributed by atoms with van der Waals surface area (Å²) in [4.78, 5) is 4.88. The quantitative estimate of drug-likeness (QED) is 0.832. The number of para-hydroxylation sites is 1. The fraction of sp³-hybridized carbons (Fsp3) is 0.600. The van der Waals surface area contributed by atoms with Gasteiger partial charge in [-0.3, -0.25) is 0 Å². The molecular weight excluding hydrogens is 222 g/mol. The van der Waals surface area contributed by atoms with E-state index in [1.54, 1.807) is 0 Å². The van der Waals surface area contributed by atoms with Gasteiger partial charge in [0.1, 0.15) is 0 Å². The zero-order valence-electron chi connectivity index (χ0n) is 11.4. The molecule has 0 amide bonds. The van der Waals surface area contributed by atoms with Crippen LogP contribution in [0.2, 0.25) is 0 Å². The highest BCUT2D eigenvalue weighted by molar-refractivity contribution is 5.44. The predicted molar refractivity (Wildman–Crippen MR) is 77.9 cm³/mol. The summed E-state index contributed by atoms with van der Waals surface area (Å²) < 4.78 is 0. The summed E-state index contributed by atoms with van der Waals surface area (Å²) in [6.45, 7) is 5.60. The number of rotatable bonds is 6. The van der Waals surface area contributed by atoms with Crippen molar-refractivity contribution in [1.29, 1.82) is 0 Å². The van der Waals surface area contributed by atoms with Crippen molar-refractivity contribution in [1.82, 2.24) is 4.90 Å². The highest BCUT2D eigenvalue weighted by Crippen LogP contribution is 2.15. The molecule has 18 heavy (non-hydrogen) atoms. The minimum atomic E-state index is 0.733. The van der Waals surface area contributed by atoms with E-state index in [0.717, 1.165) is 19.0 Å². The third-order valence-electron chi connectivity index (χ3n) is 3.87. The molecule has 0 saturated carbocycles. The number of hydrogen-bond donors (Lipinski definition) is 1. The molecule has 0 radical (unpaired) electrons. The molecule has 0 bridgehead atoms. The Bertz CT molecular complexity index is 339. The third-order valence-corrected chi connectivity index (χ3v) is 3.87. The van der Waals surface area contributed by atoms with Gasteiger partial charge in [-0.15, -0.1) is 0 Å². The second-order valence-corrected chi connectivity index (χ2v) is 5.30. The van der Waals surface area contributed by atoms with E-state index in [1.165, 1.54) is 38.2 Å². The topological polar surface area (TPSA) is 32.5 Å². The minimum absolute atomic E-state index is 0.733. The van der Waals surface area contributed by atoms with Crippen LogP contribution < -0.4 is 10.6 Å². The van der Waals surface area contributed by atoms with Gasteiger partial charge >= 0.3 is 0 Å². The van der Waals surface area contributed by atoms with Gasteiger partial charge in [-0.1, -0.05) is 18.2 Å². The maximum atomic E-state index is 5.71. The molecule has 2 rings (SSSR count). The molecule has 3 nitrogen and oxygen atoms in total. The van der Waals surface area contributed by atoms with Crippen LogP contribution in [-0.2, 0) is 0 Å². The summed E-state index contributed by atoms with van der Waals surface area (Å²) in [6, 6.07) is 10.6. The Hall–Kier alpha value is -1.06. The third kappa shape index (κ3) is 3.72. The summed E-state index contributed by atoms with van der Waals surface area (Å²) >= 11 is 0. The monoisotopic (exact) mass is 247 g/mol. The molecule has 1 unspecified atom stereocenters. The smallest absolute Gasteiger partial charge is 0.0363 e. The van der Waals surface area contributed by atoms with Crippen LogP contribution in [0.3, 0.4) is 0 Å². The van der Waals surface area contributed by atoms with E-state index in [9.17, 15) is 0 Å². The molecule has 1 saturated heterocycles. The molecule has 0 aliphatic carbocycles. The van der Waals surface area contributed by atoms with Crippen LogP contribution in [-0.4, -0.2) is 44.7 Å². The predicted octanol–water partition coefficient (Wildman–Crippen LogP) is 1.79. The van der Waals surface area contributed by atoms with Gasteiger partial charge in [0.25, 0.3) is 0 Å². The van der Waals surface area contributed by atoms with Crippen LogP contribution in [0, 0.1) is 5.92 Å². The van der Waals surface area contributed by atoms with Crippen LogP contribution in [0.1, 0.15) is 12.8 Å². The average Bonchev–Trinajstić information content (AvgIpc) is 2.87. The molecule has 2 N–H and O–H groups in total. The summed E-state index contributed by atoms with van der Waals surface area (Å²) in [5.74, 6) is 0.733.